The molecule has 1 aliphatic carbocycles. The summed E-state index contributed by atoms with van der Waals surface area (Å²) in [4.78, 5) is 55.7. The molecule has 3 atom stereocenters. The highest BCUT2D eigenvalue weighted by atomic mass is 35.5. The van der Waals surface area contributed by atoms with Gasteiger partial charge in [-0.3, -0.25) is 23.5 Å². The number of fused-ring (bicyclic) bond motifs is 2. The number of Topliss-reactive ketones (excluding diaryl/α,β-unsaturated/α-hetero) is 2. The smallest absolute Gasteiger partial charge is 0.496 e. The number of carbonyl (C=O) groups excluding carboxylic acids is 2. The van der Waals surface area contributed by atoms with Gasteiger partial charge in [-0.1, -0.05) is 30.7 Å². The highest BCUT2D eigenvalue weighted by Gasteiger charge is 2.63. The molecule has 6 rings (SSSR count). The highest BCUT2D eigenvalue weighted by Crippen LogP contribution is 2.56. The summed E-state index contributed by atoms with van der Waals surface area (Å²) in [5, 5.41) is 3.02. The lowest BCUT2D eigenvalue weighted by Crippen LogP contribution is -2.58. The van der Waals surface area contributed by atoms with Crippen molar-refractivity contribution in [3.05, 3.63) is 84.2 Å². The lowest BCUT2D eigenvalue weighted by atomic mass is 9.66. The quantitative estimate of drug-likeness (QED) is 0.417. The SMILES string of the molecule is COc1cc(OC)c2c(c1Cl)O[C@@]1(C(=O)C3=C(C[C@H]1C)Nc1c(c(=O)n(C)c(=O)n1C)C3c1ccc(OC(F)(F)F)cc1)C2=O. The van der Waals surface area contributed by atoms with Crippen molar-refractivity contribution >= 4 is 29.0 Å². The van der Waals surface area contributed by atoms with E-state index in [0.717, 1.165) is 16.7 Å². The Morgan fingerprint density at radius 2 is 1.64 bits per heavy atom. The number of nitrogens with zero attached hydrogens (tertiary/aromatic N) is 2. The molecule has 0 saturated carbocycles. The van der Waals surface area contributed by atoms with Crippen LogP contribution in [0.3, 0.4) is 0 Å². The first kappa shape index (κ1) is 30.3. The second kappa shape index (κ2) is 10.2. The van der Waals surface area contributed by atoms with Crippen LogP contribution in [0.4, 0.5) is 19.0 Å². The van der Waals surface area contributed by atoms with Crippen molar-refractivity contribution in [1.29, 1.82) is 0 Å². The number of hydrogen-bond acceptors (Lipinski definition) is 9. The number of benzene rings is 2. The van der Waals surface area contributed by atoms with Crippen LogP contribution in [-0.4, -0.2) is 46.9 Å². The fourth-order valence-corrected chi connectivity index (χ4v) is 6.65. The number of halogens is 4. The van der Waals surface area contributed by atoms with Crippen LogP contribution in [0.15, 0.2) is 51.2 Å². The second-order valence-corrected chi connectivity index (χ2v) is 11.3. The topological polar surface area (TPSA) is 127 Å². The molecule has 45 heavy (non-hydrogen) atoms. The molecular formula is C30H25ClF3N3O8. The van der Waals surface area contributed by atoms with Crippen LogP contribution in [0.25, 0.3) is 0 Å². The lowest BCUT2D eigenvalue weighted by molar-refractivity contribution is -0.274. The van der Waals surface area contributed by atoms with Gasteiger partial charge >= 0.3 is 12.1 Å². The van der Waals surface area contributed by atoms with E-state index in [1.165, 1.54) is 51.1 Å². The maximum absolute atomic E-state index is 14.8. The van der Waals surface area contributed by atoms with Crippen molar-refractivity contribution in [3.63, 3.8) is 0 Å². The summed E-state index contributed by atoms with van der Waals surface area (Å²) >= 11 is 6.54. The van der Waals surface area contributed by atoms with E-state index in [4.69, 9.17) is 25.8 Å². The lowest BCUT2D eigenvalue weighted by Gasteiger charge is -2.42. The number of carbonyl (C=O) groups is 2. The third-order valence-electron chi connectivity index (χ3n) is 8.52. The van der Waals surface area contributed by atoms with Crippen molar-refractivity contribution in [1.82, 2.24) is 9.13 Å². The van der Waals surface area contributed by atoms with E-state index in [1.807, 2.05) is 0 Å². The Labute approximate surface area is 257 Å². The van der Waals surface area contributed by atoms with Gasteiger partial charge in [0.25, 0.3) is 5.56 Å². The van der Waals surface area contributed by atoms with Gasteiger partial charge < -0.3 is 24.3 Å². The monoisotopic (exact) mass is 647 g/mol. The molecule has 0 radical (unpaired) electrons. The Kier molecular flexibility index (Phi) is 6.84. The molecule has 0 bridgehead atoms. The Balaban J connectivity index is 1.58. The van der Waals surface area contributed by atoms with Gasteiger partial charge in [-0.15, -0.1) is 13.2 Å². The number of anilines is 1. The Morgan fingerprint density at radius 1 is 1.00 bits per heavy atom. The first-order valence-corrected chi connectivity index (χ1v) is 13.9. The maximum atomic E-state index is 14.8. The van der Waals surface area contributed by atoms with Crippen LogP contribution >= 0.6 is 11.6 Å². The molecule has 15 heteroatoms. The van der Waals surface area contributed by atoms with Crippen molar-refractivity contribution in [3.8, 4) is 23.0 Å². The van der Waals surface area contributed by atoms with Crippen LogP contribution in [-0.2, 0) is 18.9 Å². The summed E-state index contributed by atoms with van der Waals surface area (Å²) in [6.07, 6.45) is -4.90. The Hall–Kier alpha value is -4.72. The molecule has 2 aromatic carbocycles. The minimum atomic E-state index is -4.95. The van der Waals surface area contributed by atoms with E-state index < -0.39 is 52.4 Å². The number of ether oxygens (including phenoxy) is 4. The molecule has 1 spiro atoms. The molecule has 11 nitrogen and oxygen atoms in total. The third kappa shape index (κ3) is 4.25. The minimum absolute atomic E-state index is 0.0240. The predicted octanol–water partition coefficient (Wildman–Crippen LogP) is 4.09. The largest absolute Gasteiger partial charge is 0.573 e. The van der Waals surface area contributed by atoms with Crippen molar-refractivity contribution in [2.45, 2.75) is 31.2 Å². The Bertz CT molecular complexity index is 1970. The van der Waals surface area contributed by atoms with E-state index in [-0.39, 0.29) is 56.8 Å². The zero-order valence-electron chi connectivity index (χ0n) is 24.4. The number of rotatable bonds is 4. The van der Waals surface area contributed by atoms with Gasteiger partial charge in [-0.25, -0.2) is 4.79 Å². The van der Waals surface area contributed by atoms with Gasteiger partial charge in [0.15, 0.2) is 5.75 Å². The normalized spacial score (nSPS) is 22.0. The van der Waals surface area contributed by atoms with Gasteiger partial charge in [-0.05, 0) is 24.1 Å². The van der Waals surface area contributed by atoms with Crippen LogP contribution in [0.2, 0.25) is 5.02 Å². The first-order chi connectivity index (χ1) is 21.2. The number of nitrogens with one attached hydrogen (secondary N) is 1. The summed E-state index contributed by atoms with van der Waals surface area (Å²) in [6.45, 7) is 1.64. The summed E-state index contributed by atoms with van der Waals surface area (Å²) in [5.74, 6) is -3.82. The molecule has 1 N–H and O–H groups in total. The van der Waals surface area contributed by atoms with Gasteiger partial charge in [0.2, 0.25) is 17.2 Å². The number of alkyl halides is 3. The van der Waals surface area contributed by atoms with E-state index >= 15 is 0 Å². The number of allylic oxidation sites excluding steroid dienone is 1. The molecule has 0 saturated heterocycles. The molecule has 3 aromatic rings. The zero-order valence-corrected chi connectivity index (χ0v) is 25.2. The minimum Gasteiger partial charge on any atom is -0.496 e. The predicted molar refractivity (Wildman–Crippen MR) is 154 cm³/mol. The van der Waals surface area contributed by atoms with Crippen LogP contribution in [0, 0.1) is 5.92 Å². The van der Waals surface area contributed by atoms with Gasteiger partial charge in [0.1, 0.15) is 33.7 Å². The molecule has 236 valence electrons. The van der Waals surface area contributed by atoms with E-state index in [2.05, 4.69) is 10.1 Å². The van der Waals surface area contributed by atoms with Crippen LogP contribution < -0.4 is 35.5 Å². The van der Waals surface area contributed by atoms with Crippen LogP contribution in [0.5, 0.6) is 23.0 Å². The van der Waals surface area contributed by atoms with Crippen molar-refractivity contribution < 1.29 is 41.7 Å². The van der Waals surface area contributed by atoms with E-state index in [1.54, 1.807) is 6.92 Å². The van der Waals surface area contributed by atoms with Gasteiger partial charge in [0, 0.05) is 43.3 Å². The summed E-state index contributed by atoms with van der Waals surface area (Å²) in [7, 11) is 5.40. The molecule has 3 aliphatic rings. The zero-order chi connectivity index (χ0) is 32.7. The molecule has 0 fully saturated rings. The number of methoxy groups -OCH3 is 2. The summed E-state index contributed by atoms with van der Waals surface area (Å²) in [6, 6.07) is 6.07. The fraction of sp³-hybridized carbons (Fsp3) is 0.333. The second-order valence-electron chi connectivity index (χ2n) is 10.9. The van der Waals surface area contributed by atoms with Gasteiger partial charge in [-0.2, -0.15) is 0 Å². The average molecular weight is 648 g/mol. The molecule has 0 amide bonds. The summed E-state index contributed by atoms with van der Waals surface area (Å²) in [5.41, 5.74) is -3.08. The molecule has 3 heterocycles. The molecular weight excluding hydrogens is 623 g/mol. The average Bonchev–Trinajstić information content (AvgIpc) is 3.31. The maximum Gasteiger partial charge on any atom is 0.573 e. The van der Waals surface area contributed by atoms with Crippen molar-refractivity contribution in [2.75, 3.05) is 19.5 Å². The molecule has 1 unspecified atom stereocenters. The fourth-order valence-electron chi connectivity index (χ4n) is 6.38. The van der Waals surface area contributed by atoms with Crippen LogP contribution in [0.1, 0.15) is 40.7 Å². The molecule has 2 aliphatic heterocycles. The third-order valence-corrected chi connectivity index (χ3v) is 8.88. The first-order valence-electron chi connectivity index (χ1n) is 13.5. The number of hydrogen-bond donors (Lipinski definition) is 1. The molecule has 1 aromatic heterocycles. The van der Waals surface area contributed by atoms with Crippen molar-refractivity contribution in [2.24, 2.45) is 20.0 Å². The standard InChI is InChI=1S/C30H25ClF3N3O8/c1-12-10-15-19(24(38)29(12)25(39)20-16(42-4)11-17(43-5)22(31)23(20)45-29)18(13-6-8-14(9-7-13)44-30(32,33)34)21-26(35-15)36(2)28(41)37(3)27(21)40/h6-9,11-12,18,35H,10H2,1-5H3/t12-,18?,29+/m1/s1. The number of ketones is 2. The number of aromatic nitrogens is 2. The van der Waals surface area contributed by atoms with E-state index in [0.29, 0.717) is 5.70 Å². The summed E-state index contributed by atoms with van der Waals surface area (Å²) < 4.78 is 61.8. The van der Waals surface area contributed by atoms with E-state index in [9.17, 15) is 32.3 Å². The van der Waals surface area contributed by atoms with Gasteiger partial charge in [0.05, 0.1) is 19.8 Å². The Morgan fingerprint density at radius 3 is 2.24 bits per heavy atom. The highest BCUT2D eigenvalue weighted by molar-refractivity contribution is 6.36.